The standard InChI is InChI=1S/C16H23N3O4.ClH/c1-2-22-15(20)8-18-14-10-19(9-13(14)17)16(21)23-11-12-6-4-3-5-7-12;/h3-7,13-14,18H,2,8-11,17H2,1H3;1H/t13-,14-;/m0./s1. The van der Waals surface area contributed by atoms with Gasteiger partial charge < -0.3 is 25.4 Å². The molecular formula is C16H24ClN3O4. The lowest BCUT2D eigenvalue weighted by Crippen LogP contribution is -2.46. The predicted octanol–water partition coefficient (Wildman–Crippen LogP) is 0.909. The maximum atomic E-state index is 12.1. The zero-order valence-corrected chi connectivity index (χ0v) is 14.5. The zero-order valence-electron chi connectivity index (χ0n) is 13.6. The normalized spacial score (nSPS) is 19.5. The Morgan fingerprint density at radius 1 is 1.25 bits per heavy atom. The van der Waals surface area contributed by atoms with Gasteiger partial charge in [-0.15, -0.1) is 12.4 Å². The van der Waals surface area contributed by atoms with Crippen molar-refractivity contribution >= 4 is 24.5 Å². The smallest absolute Gasteiger partial charge is 0.410 e. The summed E-state index contributed by atoms with van der Waals surface area (Å²) in [4.78, 5) is 25.0. The van der Waals surface area contributed by atoms with Crippen LogP contribution in [0.5, 0.6) is 0 Å². The number of nitrogens with one attached hydrogen (secondary N) is 1. The molecule has 1 amide bonds. The van der Waals surface area contributed by atoms with Crippen LogP contribution in [-0.2, 0) is 20.9 Å². The summed E-state index contributed by atoms with van der Waals surface area (Å²) < 4.78 is 10.1. The molecule has 24 heavy (non-hydrogen) atoms. The number of nitrogens with zero attached hydrogens (tertiary/aromatic N) is 1. The molecule has 1 saturated heterocycles. The van der Waals surface area contributed by atoms with E-state index in [0.29, 0.717) is 19.7 Å². The van der Waals surface area contributed by atoms with E-state index in [1.807, 2.05) is 30.3 Å². The average Bonchev–Trinajstić information content (AvgIpc) is 2.93. The summed E-state index contributed by atoms with van der Waals surface area (Å²) in [5, 5.41) is 3.03. The Morgan fingerprint density at radius 2 is 1.96 bits per heavy atom. The molecule has 0 radical (unpaired) electrons. The van der Waals surface area contributed by atoms with Crippen LogP contribution >= 0.6 is 12.4 Å². The lowest BCUT2D eigenvalue weighted by Gasteiger charge is -2.16. The Hall–Kier alpha value is -1.83. The predicted molar refractivity (Wildman–Crippen MR) is 91.8 cm³/mol. The first-order chi connectivity index (χ1) is 11.1. The van der Waals surface area contributed by atoms with Crippen LogP contribution in [0, 0.1) is 0 Å². The fourth-order valence-electron chi connectivity index (χ4n) is 2.43. The minimum atomic E-state index is -0.398. The molecule has 1 aromatic carbocycles. The fourth-order valence-corrected chi connectivity index (χ4v) is 2.43. The first kappa shape index (κ1) is 20.2. The third-order valence-electron chi connectivity index (χ3n) is 3.64. The fraction of sp³-hybridized carbons (Fsp3) is 0.500. The van der Waals surface area contributed by atoms with Crippen molar-refractivity contribution in [3.63, 3.8) is 0 Å². The molecule has 0 bridgehead atoms. The quantitative estimate of drug-likeness (QED) is 0.735. The van der Waals surface area contributed by atoms with Gasteiger partial charge in [-0.25, -0.2) is 4.79 Å². The largest absolute Gasteiger partial charge is 0.465 e. The van der Waals surface area contributed by atoms with Crippen LogP contribution in [-0.4, -0.2) is 55.3 Å². The minimum absolute atomic E-state index is 0. The maximum Gasteiger partial charge on any atom is 0.410 e. The van der Waals surface area contributed by atoms with Crippen molar-refractivity contribution in [2.75, 3.05) is 26.2 Å². The van der Waals surface area contributed by atoms with Crippen LogP contribution in [0.25, 0.3) is 0 Å². The summed E-state index contributed by atoms with van der Waals surface area (Å²) in [6.07, 6.45) is -0.398. The van der Waals surface area contributed by atoms with Crippen LogP contribution in [0.4, 0.5) is 4.79 Å². The van der Waals surface area contributed by atoms with Gasteiger partial charge in [-0.3, -0.25) is 4.79 Å². The maximum absolute atomic E-state index is 12.1. The number of rotatable bonds is 6. The highest BCUT2D eigenvalue weighted by molar-refractivity contribution is 5.85. The summed E-state index contributed by atoms with van der Waals surface area (Å²) in [5.41, 5.74) is 6.94. The molecule has 1 aliphatic rings. The molecule has 1 aromatic rings. The van der Waals surface area contributed by atoms with E-state index in [1.54, 1.807) is 11.8 Å². The van der Waals surface area contributed by atoms with E-state index in [9.17, 15) is 9.59 Å². The van der Waals surface area contributed by atoms with E-state index in [-0.39, 0.29) is 43.6 Å². The van der Waals surface area contributed by atoms with Gasteiger partial charge in [0.1, 0.15) is 6.61 Å². The Morgan fingerprint density at radius 3 is 2.62 bits per heavy atom. The van der Waals surface area contributed by atoms with Gasteiger partial charge >= 0.3 is 12.1 Å². The highest BCUT2D eigenvalue weighted by atomic mass is 35.5. The van der Waals surface area contributed by atoms with Crippen LogP contribution in [0.15, 0.2) is 30.3 Å². The van der Waals surface area contributed by atoms with E-state index >= 15 is 0 Å². The lowest BCUT2D eigenvalue weighted by molar-refractivity contribution is -0.142. The van der Waals surface area contributed by atoms with E-state index in [1.165, 1.54) is 0 Å². The number of carbonyl (C=O) groups excluding carboxylic acids is 2. The van der Waals surface area contributed by atoms with E-state index in [0.717, 1.165) is 5.56 Å². The Bertz CT molecular complexity index is 529. The Balaban J connectivity index is 0.00000288. The summed E-state index contributed by atoms with van der Waals surface area (Å²) in [6, 6.07) is 9.09. The number of benzene rings is 1. The lowest BCUT2D eigenvalue weighted by atomic mass is 10.2. The average molecular weight is 358 g/mol. The molecule has 134 valence electrons. The molecule has 3 N–H and O–H groups in total. The molecule has 1 fully saturated rings. The SMILES string of the molecule is CCOC(=O)CN[C@H]1CN(C(=O)OCc2ccccc2)C[C@@H]1N.Cl. The van der Waals surface area contributed by atoms with Crippen molar-refractivity contribution in [3.8, 4) is 0 Å². The number of halogens is 1. The van der Waals surface area contributed by atoms with Crippen LogP contribution < -0.4 is 11.1 Å². The van der Waals surface area contributed by atoms with Crippen molar-refractivity contribution in [1.82, 2.24) is 10.2 Å². The molecule has 2 rings (SSSR count). The van der Waals surface area contributed by atoms with Gasteiger partial charge in [0.05, 0.1) is 13.2 Å². The van der Waals surface area contributed by atoms with Crippen molar-refractivity contribution < 1.29 is 19.1 Å². The third-order valence-corrected chi connectivity index (χ3v) is 3.64. The Labute approximate surface area is 147 Å². The van der Waals surface area contributed by atoms with Gasteiger partial charge in [0, 0.05) is 25.2 Å². The molecule has 1 heterocycles. The first-order valence-electron chi connectivity index (χ1n) is 7.70. The van der Waals surface area contributed by atoms with E-state index < -0.39 is 6.09 Å². The van der Waals surface area contributed by atoms with Crippen molar-refractivity contribution in [2.24, 2.45) is 5.73 Å². The van der Waals surface area contributed by atoms with Gasteiger partial charge in [-0.05, 0) is 12.5 Å². The second-order valence-corrected chi connectivity index (χ2v) is 5.40. The van der Waals surface area contributed by atoms with Crippen LogP contribution in [0.1, 0.15) is 12.5 Å². The third kappa shape index (κ3) is 5.99. The second-order valence-electron chi connectivity index (χ2n) is 5.40. The van der Waals surface area contributed by atoms with Gasteiger partial charge in [-0.1, -0.05) is 30.3 Å². The zero-order chi connectivity index (χ0) is 16.7. The van der Waals surface area contributed by atoms with Gasteiger partial charge in [0.25, 0.3) is 0 Å². The molecule has 0 unspecified atom stereocenters. The van der Waals surface area contributed by atoms with Crippen LogP contribution in [0.3, 0.4) is 0 Å². The highest BCUT2D eigenvalue weighted by Gasteiger charge is 2.33. The number of nitrogens with two attached hydrogens (primary N) is 1. The van der Waals surface area contributed by atoms with Crippen molar-refractivity contribution in [1.29, 1.82) is 0 Å². The first-order valence-corrected chi connectivity index (χ1v) is 7.70. The molecule has 2 atom stereocenters. The van der Waals surface area contributed by atoms with E-state index in [4.69, 9.17) is 15.2 Å². The number of likely N-dealkylation sites (tertiary alicyclic amines) is 1. The number of hydrogen-bond acceptors (Lipinski definition) is 6. The molecule has 8 heteroatoms. The summed E-state index contributed by atoms with van der Waals surface area (Å²) >= 11 is 0. The molecule has 7 nitrogen and oxygen atoms in total. The number of ether oxygens (including phenoxy) is 2. The monoisotopic (exact) mass is 357 g/mol. The van der Waals surface area contributed by atoms with Gasteiger partial charge in [0.15, 0.2) is 0 Å². The van der Waals surface area contributed by atoms with Crippen LogP contribution in [0.2, 0.25) is 0 Å². The highest BCUT2D eigenvalue weighted by Crippen LogP contribution is 2.11. The molecule has 0 aliphatic carbocycles. The molecule has 1 aliphatic heterocycles. The summed E-state index contributed by atoms with van der Waals surface area (Å²) in [5.74, 6) is -0.329. The number of amides is 1. The topological polar surface area (TPSA) is 93.9 Å². The van der Waals surface area contributed by atoms with Gasteiger partial charge in [-0.2, -0.15) is 0 Å². The van der Waals surface area contributed by atoms with E-state index in [2.05, 4.69) is 5.32 Å². The number of carbonyl (C=O) groups is 2. The summed E-state index contributed by atoms with van der Waals surface area (Å²) in [7, 11) is 0. The Kier molecular flexibility index (Phi) is 8.53. The minimum Gasteiger partial charge on any atom is -0.465 e. The second kappa shape index (κ2) is 10.1. The molecule has 0 aromatic heterocycles. The number of esters is 1. The van der Waals surface area contributed by atoms with Gasteiger partial charge in [0.2, 0.25) is 0 Å². The molecule has 0 spiro atoms. The van der Waals surface area contributed by atoms with Crippen molar-refractivity contribution in [3.05, 3.63) is 35.9 Å². The summed E-state index contributed by atoms with van der Waals surface area (Å²) in [6.45, 7) is 3.21. The molecular weight excluding hydrogens is 334 g/mol. The number of hydrogen-bond donors (Lipinski definition) is 2. The molecule has 0 saturated carbocycles. The van der Waals surface area contributed by atoms with Crippen molar-refractivity contribution in [2.45, 2.75) is 25.6 Å².